The van der Waals surface area contributed by atoms with Gasteiger partial charge in [-0.05, 0) is 77.0 Å². The summed E-state index contributed by atoms with van der Waals surface area (Å²) in [6.45, 7) is 16.8. The number of phenols is 1. The minimum absolute atomic E-state index is 0.0163. The number of hydrogen-bond acceptors (Lipinski definition) is 7. The number of esters is 1. The number of nitrogens with zero attached hydrogens (tertiary/aromatic N) is 1. The molecule has 0 saturated carbocycles. The van der Waals surface area contributed by atoms with E-state index in [0.717, 1.165) is 6.42 Å². The number of aromatic hydroxyl groups is 1. The third kappa shape index (κ3) is 11.8. The monoisotopic (exact) mass is 563 g/mol. The summed E-state index contributed by atoms with van der Waals surface area (Å²) in [6, 6.07) is 3.65. The SMILES string of the molecule is CCOC(=O)CCNC(=O)C(c1ccc(O)cc1)N(C(=O)C(NC(=O)OC(C)(C)C)C(C)C)C(C)CCC(C)C. The molecule has 226 valence electrons. The minimum atomic E-state index is -1.08. The Morgan fingerprint density at radius 3 is 2.08 bits per heavy atom. The molecule has 0 radical (unpaired) electrons. The molecule has 0 heterocycles. The Labute approximate surface area is 239 Å². The first-order valence-electron chi connectivity index (χ1n) is 14.1. The molecule has 0 aliphatic heterocycles. The second-order valence-electron chi connectivity index (χ2n) is 11.8. The predicted molar refractivity (Wildman–Crippen MR) is 153 cm³/mol. The maximum absolute atomic E-state index is 14.3. The van der Waals surface area contributed by atoms with Gasteiger partial charge in [-0.1, -0.05) is 39.8 Å². The molecular weight excluding hydrogens is 514 g/mol. The average Bonchev–Trinajstić information content (AvgIpc) is 2.83. The van der Waals surface area contributed by atoms with Crippen LogP contribution in [0.1, 0.15) is 93.2 Å². The molecule has 0 bridgehead atoms. The lowest BCUT2D eigenvalue weighted by atomic mass is 9.95. The van der Waals surface area contributed by atoms with Crippen molar-refractivity contribution in [1.29, 1.82) is 0 Å². The number of rotatable bonds is 14. The number of phenolic OH excluding ortho intramolecular Hbond substituents is 1. The highest BCUT2D eigenvalue weighted by atomic mass is 16.6. The summed E-state index contributed by atoms with van der Waals surface area (Å²) in [7, 11) is 0. The number of benzene rings is 1. The molecule has 3 N–H and O–H groups in total. The van der Waals surface area contributed by atoms with Crippen molar-refractivity contribution in [1.82, 2.24) is 15.5 Å². The van der Waals surface area contributed by atoms with Crippen LogP contribution in [0.4, 0.5) is 4.79 Å². The first-order valence-corrected chi connectivity index (χ1v) is 14.1. The second kappa shape index (κ2) is 16.1. The molecule has 0 aromatic heterocycles. The summed E-state index contributed by atoms with van der Waals surface area (Å²) in [6.07, 6.45) is 0.678. The lowest BCUT2D eigenvalue weighted by Gasteiger charge is -2.39. The highest BCUT2D eigenvalue weighted by Crippen LogP contribution is 2.29. The Hall–Kier alpha value is -3.30. The lowest BCUT2D eigenvalue weighted by Crippen LogP contribution is -2.57. The van der Waals surface area contributed by atoms with Crippen LogP contribution in [0.2, 0.25) is 0 Å². The van der Waals surface area contributed by atoms with Crippen LogP contribution in [0.5, 0.6) is 5.75 Å². The Bertz CT molecular complexity index is 971. The van der Waals surface area contributed by atoms with Crippen molar-refractivity contribution in [2.45, 2.75) is 105 Å². The summed E-state index contributed by atoms with van der Waals surface area (Å²) < 4.78 is 10.4. The molecule has 3 unspecified atom stereocenters. The van der Waals surface area contributed by atoms with E-state index in [2.05, 4.69) is 24.5 Å². The van der Waals surface area contributed by atoms with Crippen LogP contribution in [0.15, 0.2) is 24.3 Å². The maximum atomic E-state index is 14.3. The van der Waals surface area contributed by atoms with E-state index in [-0.39, 0.29) is 37.3 Å². The van der Waals surface area contributed by atoms with Gasteiger partial charge in [0.1, 0.15) is 23.4 Å². The smallest absolute Gasteiger partial charge is 0.408 e. The molecule has 0 fully saturated rings. The average molecular weight is 564 g/mol. The highest BCUT2D eigenvalue weighted by Gasteiger charge is 2.39. The fraction of sp³-hybridized carbons (Fsp3) is 0.667. The van der Waals surface area contributed by atoms with Crippen LogP contribution in [0.3, 0.4) is 0 Å². The number of carbonyl (C=O) groups is 4. The van der Waals surface area contributed by atoms with Crippen LogP contribution in [-0.2, 0) is 23.9 Å². The lowest BCUT2D eigenvalue weighted by molar-refractivity contribution is -0.146. The van der Waals surface area contributed by atoms with E-state index >= 15 is 0 Å². The molecule has 10 heteroatoms. The summed E-state index contributed by atoms with van der Waals surface area (Å²) in [5, 5.41) is 15.4. The Morgan fingerprint density at radius 1 is 0.975 bits per heavy atom. The molecule has 0 aliphatic carbocycles. The normalized spacial score (nSPS) is 13.8. The van der Waals surface area contributed by atoms with Gasteiger partial charge in [-0.2, -0.15) is 0 Å². The van der Waals surface area contributed by atoms with Crippen LogP contribution in [-0.4, -0.2) is 64.7 Å². The topological polar surface area (TPSA) is 134 Å². The number of nitrogens with one attached hydrogen (secondary N) is 2. The number of alkyl carbamates (subject to hydrolysis) is 1. The first kappa shape index (κ1) is 34.7. The van der Waals surface area contributed by atoms with Gasteiger partial charge in [0.2, 0.25) is 11.8 Å². The standard InChI is InChI=1S/C30H49N3O7/c1-10-39-24(35)17-18-31-27(36)26(22-13-15-23(34)16-14-22)33(21(6)12-11-19(2)3)28(37)25(20(4)5)32-29(38)40-30(7,8)9/h13-16,19-21,25-26,34H,10-12,17-18H2,1-9H3,(H,31,36)(H,32,38). The van der Waals surface area contributed by atoms with Gasteiger partial charge in [0.05, 0.1) is 13.0 Å². The van der Waals surface area contributed by atoms with Crippen molar-refractivity contribution in [2.75, 3.05) is 13.2 Å². The Morgan fingerprint density at radius 2 is 1.57 bits per heavy atom. The van der Waals surface area contributed by atoms with Gasteiger partial charge >= 0.3 is 12.1 Å². The van der Waals surface area contributed by atoms with Crippen molar-refractivity contribution < 1.29 is 33.8 Å². The molecule has 1 aromatic rings. The molecule has 0 aliphatic rings. The van der Waals surface area contributed by atoms with Crippen molar-refractivity contribution in [3.63, 3.8) is 0 Å². The minimum Gasteiger partial charge on any atom is -0.508 e. The molecular formula is C30H49N3O7. The van der Waals surface area contributed by atoms with Crippen molar-refractivity contribution >= 4 is 23.9 Å². The summed E-state index contributed by atoms with van der Waals surface area (Å²) in [5.74, 6) is -1.29. The van der Waals surface area contributed by atoms with Gasteiger partial charge < -0.3 is 30.1 Å². The molecule has 3 atom stereocenters. The first-order chi connectivity index (χ1) is 18.6. The zero-order valence-electron chi connectivity index (χ0n) is 25.6. The van der Waals surface area contributed by atoms with Gasteiger partial charge in [-0.25, -0.2) is 4.79 Å². The van der Waals surface area contributed by atoms with Crippen molar-refractivity contribution in [3.05, 3.63) is 29.8 Å². The summed E-state index contributed by atoms with van der Waals surface area (Å²) >= 11 is 0. The van der Waals surface area contributed by atoms with Gasteiger partial charge in [0, 0.05) is 12.6 Å². The third-order valence-electron chi connectivity index (χ3n) is 6.17. The van der Waals surface area contributed by atoms with E-state index in [0.29, 0.717) is 17.9 Å². The number of hydrogen-bond donors (Lipinski definition) is 3. The second-order valence-corrected chi connectivity index (χ2v) is 11.8. The molecule has 1 aromatic carbocycles. The predicted octanol–water partition coefficient (Wildman–Crippen LogP) is 4.71. The molecule has 0 spiro atoms. The molecule has 1 rings (SSSR count). The number of ether oxygens (including phenoxy) is 2. The van der Waals surface area contributed by atoms with Crippen molar-refractivity contribution in [3.8, 4) is 5.75 Å². The van der Waals surface area contributed by atoms with Gasteiger partial charge in [-0.15, -0.1) is 0 Å². The number of carbonyl (C=O) groups excluding carboxylic acids is 4. The van der Waals surface area contributed by atoms with E-state index in [1.165, 1.54) is 17.0 Å². The van der Waals surface area contributed by atoms with Crippen LogP contribution < -0.4 is 10.6 Å². The number of amides is 3. The quantitative estimate of drug-likeness (QED) is 0.279. The van der Waals surface area contributed by atoms with E-state index in [9.17, 15) is 24.3 Å². The van der Waals surface area contributed by atoms with Crippen LogP contribution >= 0.6 is 0 Å². The fourth-order valence-corrected chi connectivity index (χ4v) is 4.13. The van der Waals surface area contributed by atoms with Gasteiger partial charge in [-0.3, -0.25) is 14.4 Å². The van der Waals surface area contributed by atoms with E-state index in [1.54, 1.807) is 39.8 Å². The van der Waals surface area contributed by atoms with Gasteiger partial charge in [0.25, 0.3) is 0 Å². The van der Waals surface area contributed by atoms with E-state index in [4.69, 9.17) is 9.47 Å². The van der Waals surface area contributed by atoms with Crippen molar-refractivity contribution in [2.24, 2.45) is 11.8 Å². The summed E-state index contributed by atoms with van der Waals surface area (Å²) in [4.78, 5) is 54.1. The third-order valence-corrected chi connectivity index (χ3v) is 6.17. The highest BCUT2D eigenvalue weighted by molar-refractivity contribution is 5.92. The molecule has 40 heavy (non-hydrogen) atoms. The fourth-order valence-electron chi connectivity index (χ4n) is 4.13. The largest absolute Gasteiger partial charge is 0.508 e. The molecule has 0 saturated heterocycles. The van der Waals surface area contributed by atoms with E-state index in [1.807, 2.05) is 20.8 Å². The summed E-state index contributed by atoms with van der Waals surface area (Å²) in [5.41, 5.74) is -0.275. The van der Waals surface area contributed by atoms with Crippen LogP contribution in [0, 0.1) is 11.8 Å². The molecule has 10 nitrogen and oxygen atoms in total. The van der Waals surface area contributed by atoms with Crippen LogP contribution in [0.25, 0.3) is 0 Å². The molecule has 3 amide bonds. The zero-order chi connectivity index (χ0) is 30.6. The van der Waals surface area contributed by atoms with E-state index < -0.39 is 41.6 Å². The van der Waals surface area contributed by atoms with Gasteiger partial charge in [0.15, 0.2) is 0 Å². The Balaban J connectivity index is 3.52. The Kier molecular flexibility index (Phi) is 14.0. The zero-order valence-corrected chi connectivity index (χ0v) is 25.6. The maximum Gasteiger partial charge on any atom is 0.408 e.